The van der Waals surface area contributed by atoms with Crippen molar-refractivity contribution in [3.63, 3.8) is 0 Å². The fourth-order valence-electron chi connectivity index (χ4n) is 2.09. The summed E-state index contributed by atoms with van der Waals surface area (Å²) in [5.41, 5.74) is 1.02. The molecule has 0 aliphatic rings. The molecule has 3 aromatic rings. The number of nitrogens with one attached hydrogen (secondary N) is 2. The third-order valence-electron chi connectivity index (χ3n) is 3.34. The average Bonchev–Trinajstić information content (AvgIpc) is 3.18. The number of carbonyl (C=O) groups excluding carboxylic acids is 2. The molecule has 2 N–H and O–H groups in total. The minimum Gasteiger partial charge on any atom is -0.497 e. The lowest BCUT2D eigenvalue weighted by molar-refractivity contribution is 0.101. The van der Waals surface area contributed by atoms with Gasteiger partial charge >= 0.3 is 0 Å². The number of aromatic nitrogens is 1. The molecule has 1 aromatic carbocycles. The third-order valence-corrected chi connectivity index (χ3v) is 4.21. The van der Waals surface area contributed by atoms with Gasteiger partial charge in [-0.2, -0.15) is 0 Å². The Bertz CT molecular complexity index is 877. The highest BCUT2D eigenvalue weighted by Gasteiger charge is 2.09. The fourth-order valence-corrected chi connectivity index (χ4v) is 2.71. The molecule has 3 rings (SSSR count). The van der Waals surface area contributed by atoms with E-state index in [4.69, 9.17) is 4.74 Å². The summed E-state index contributed by atoms with van der Waals surface area (Å²) in [5.74, 6) is 0.515. The SMILES string of the molecule is COc1cccc(C(=O)Nc2ccc(NC(=O)c3cccs3)cn2)c1. The van der Waals surface area contributed by atoms with Crippen LogP contribution in [0.3, 0.4) is 0 Å². The van der Waals surface area contributed by atoms with Gasteiger partial charge in [-0.05, 0) is 41.8 Å². The van der Waals surface area contributed by atoms with Gasteiger partial charge in [0.15, 0.2) is 0 Å². The molecule has 25 heavy (non-hydrogen) atoms. The number of nitrogens with zero attached hydrogens (tertiary/aromatic N) is 1. The predicted molar refractivity (Wildman–Crippen MR) is 97.5 cm³/mol. The van der Waals surface area contributed by atoms with Crippen molar-refractivity contribution < 1.29 is 14.3 Å². The van der Waals surface area contributed by atoms with E-state index in [1.54, 1.807) is 49.6 Å². The Morgan fingerprint density at radius 1 is 1.04 bits per heavy atom. The molecule has 0 fully saturated rings. The van der Waals surface area contributed by atoms with Crippen LogP contribution in [0.2, 0.25) is 0 Å². The van der Waals surface area contributed by atoms with E-state index in [1.807, 2.05) is 11.4 Å². The van der Waals surface area contributed by atoms with Gasteiger partial charge in [-0.3, -0.25) is 9.59 Å². The van der Waals surface area contributed by atoms with Crippen molar-refractivity contribution in [2.45, 2.75) is 0 Å². The first kappa shape index (κ1) is 16.7. The van der Waals surface area contributed by atoms with Crippen molar-refractivity contribution in [3.8, 4) is 5.75 Å². The summed E-state index contributed by atoms with van der Waals surface area (Å²) in [6, 6.07) is 13.7. The van der Waals surface area contributed by atoms with Crippen LogP contribution in [0.5, 0.6) is 5.75 Å². The molecule has 126 valence electrons. The van der Waals surface area contributed by atoms with Crippen LogP contribution in [0, 0.1) is 0 Å². The van der Waals surface area contributed by atoms with Gasteiger partial charge in [0, 0.05) is 5.56 Å². The van der Waals surface area contributed by atoms with Crippen molar-refractivity contribution >= 4 is 34.7 Å². The number of thiophene rings is 1. The average molecular weight is 353 g/mol. The van der Waals surface area contributed by atoms with E-state index in [-0.39, 0.29) is 11.8 Å². The van der Waals surface area contributed by atoms with Gasteiger partial charge in [0.1, 0.15) is 11.6 Å². The van der Waals surface area contributed by atoms with E-state index in [0.29, 0.717) is 27.7 Å². The standard InChI is InChI=1S/C18H15N3O3S/c1-24-14-5-2-4-12(10-14)17(22)21-16-8-7-13(11-19-16)20-18(23)15-6-3-9-25-15/h2-11H,1H3,(H,20,23)(H,19,21,22). The second-order valence-corrected chi connectivity index (χ2v) is 6.00. The Morgan fingerprint density at radius 3 is 2.60 bits per heavy atom. The van der Waals surface area contributed by atoms with Gasteiger partial charge in [0.25, 0.3) is 11.8 Å². The predicted octanol–water partition coefficient (Wildman–Crippen LogP) is 3.66. The topological polar surface area (TPSA) is 80.3 Å². The number of carbonyl (C=O) groups is 2. The van der Waals surface area contributed by atoms with Gasteiger partial charge in [-0.15, -0.1) is 11.3 Å². The first-order valence-electron chi connectivity index (χ1n) is 7.42. The summed E-state index contributed by atoms with van der Waals surface area (Å²) >= 11 is 1.36. The maximum atomic E-state index is 12.2. The summed E-state index contributed by atoms with van der Waals surface area (Å²) in [5, 5.41) is 7.29. The zero-order chi connectivity index (χ0) is 17.6. The van der Waals surface area contributed by atoms with Crippen molar-refractivity contribution in [2.24, 2.45) is 0 Å². The molecule has 0 saturated carbocycles. The van der Waals surface area contributed by atoms with E-state index < -0.39 is 0 Å². The van der Waals surface area contributed by atoms with E-state index in [9.17, 15) is 9.59 Å². The maximum Gasteiger partial charge on any atom is 0.265 e. The van der Waals surface area contributed by atoms with E-state index >= 15 is 0 Å². The van der Waals surface area contributed by atoms with Crippen LogP contribution in [0.4, 0.5) is 11.5 Å². The normalized spacial score (nSPS) is 10.1. The fraction of sp³-hybridized carbons (Fsp3) is 0.0556. The van der Waals surface area contributed by atoms with E-state index in [0.717, 1.165) is 0 Å². The molecule has 0 aliphatic heterocycles. The number of hydrogen-bond acceptors (Lipinski definition) is 5. The zero-order valence-corrected chi connectivity index (χ0v) is 14.2. The van der Waals surface area contributed by atoms with Crippen molar-refractivity contribution in [2.75, 3.05) is 17.7 Å². The summed E-state index contributed by atoms with van der Waals surface area (Å²) in [6.07, 6.45) is 1.49. The van der Waals surface area contributed by atoms with Crippen LogP contribution in [0.15, 0.2) is 60.1 Å². The van der Waals surface area contributed by atoms with Crippen molar-refractivity contribution in [3.05, 3.63) is 70.5 Å². The molecule has 0 spiro atoms. The van der Waals surface area contributed by atoms with Gasteiger partial charge in [-0.1, -0.05) is 12.1 Å². The summed E-state index contributed by atoms with van der Waals surface area (Å²) in [6.45, 7) is 0. The molecular weight excluding hydrogens is 338 g/mol. The zero-order valence-electron chi connectivity index (χ0n) is 13.4. The molecule has 2 heterocycles. The van der Waals surface area contributed by atoms with Gasteiger partial charge in [-0.25, -0.2) is 4.98 Å². The van der Waals surface area contributed by atoms with Gasteiger partial charge < -0.3 is 15.4 Å². The lowest BCUT2D eigenvalue weighted by Gasteiger charge is -2.07. The van der Waals surface area contributed by atoms with E-state index in [2.05, 4.69) is 15.6 Å². The lowest BCUT2D eigenvalue weighted by atomic mass is 10.2. The maximum absolute atomic E-state index is 12.2. The second kappa shape index (κ2) is 7.59. The van der Waals surface area contributed by atoms with Crippen LogP contribution in [-0.4, -0.2) is 23.9 Å². The summed E-state index contributed by atoms with van der Waals surface area (Å²) in [4.78, 5) is 29.0. The van der Waals surface area contributed by atoms with Crippen LogP contribution in [0.25, 0.3) is 0 Å². The Balaban J connectivity index is 1.64. The monoisotopic (exact) mass is 353 g/mol. The molecule has 2 aromatic heterocycles. The molecule has 0 bridgehead atoms. The molecular formula is C18H15N3O3S. The molecule has 0 saturated heterocycles. The van der Waals surface area contributed by atoms with Crippen LogP contribution < -0.4 is 15.4 Å². The van der Waals surface area contributed by atoms with Gasteiger partial charge in [0.05, 0.1) is 23.9 Å². The molecule has 0 aliphatic carbocycles. The first-order valence-corrected chi connectivity index (χ1v) is 8.30. The Morgan fingerprint density at radius 2 is 1.92 bits per heavy atom. The number of methoxy groups -OCH3 is 1. The number of amides is 2. The molecule has 0 unspecified atom stereocenters. The number of hydrogen-bond donors (Lipinski definition) is 2. The third kappa shape index (κ3) is 4.21. The van der Waals surface area contributed by atoms with Crippen LogP contribution in [0.1, 0.15) is 20.0 Å². The number of anilines is 2. The number of pyridine rings is 1. The highest BCUT2D eigenvalue weighted by Crippen LogP contribution is 2.16. The van der Waals surface area contributed by atoms with Crippen LogP contribution in [-0.2, 0) is 0 Å². The molecule has 2 amide bonds. The molecule has 0 atom stereocenters. The van der Waals surface area contributed by atoms with Crippen molar-refractivity contribution in [1.29, 1.82) is 0 Å². The Hall–Kier alpha value is -3.19. The quantitative estimate of drug-likeness (QED) is 0.734. The number of rotatable bonds is 5. The Kier molecular flexibility index (Phi) is 5.06. The number of ether oxygens (including phenoxy) is 1. The molecule has 7 heteroatoms. The first-order chi connectivity index (χ1) is 12.2. The number of benzene rings is 1. The van der Waals surface area contributed by atoms with E-state index in [1.165, 1.54) is 17.5 Å². The lowest BCUT2D eigenvalue weighted by Crippen LogP contribution is -2.14. The minimum atomic E-state index is -0.290. The molecule has 6 nitrogen and oxygen atoms in total. The molecule has 0 radical (unpaired) electrons. The largest absolute Gasteiger partial charge is 0.497 e. The van der Waals surface area contributed by atoms with Crippen LogP contribution >= 0.6 is 11.3 Å². The van der Waals surface area contributed by atoms with Crippen molar-refractivity contribution in [1.82, 2.24) is 4.98 Å². The summed E-state index contributed by atoms with van der Waals surface area (Å²) < 4.78 is 5.10. The summed E-state index contributed by atoms with van der Waals surface area (Å²) in [7, 11) is 1.54. The highest BCUT2D eigenvalue weighted by atomic mass is 32.1. The highest BCUT2D eigenvalue weighted by molar-refractivity contribution is 7.12. The minimum absolute atomic E-state index is 0.190. The Labute approximate surface area is 148 Å². The second-order valence-electron chi connectivity index (χ2n) is 5.05. The van der Waals surface area contributed by atoms with Gasteiger partial charge in [0.2, 0.25) is 0 Å². The smallest absolute Gasteiger partial charge is 0.265 e.